The molecule has 1 N–H and O–H groups in total. The topological polar surface area (TPSA) is 38.7 Å². The maximum Gasteiger partial charge on any atom is 0.123 e. The molecular weight excluding hydrogens is 516 g/mol. The Labute approximate surface area is 262 Å². The Hall–Kier alpha value is -1.22. The van der Waals surface area contributed by atoms with E-state index in [1.165, 1.54) is 167 Å². The van der Waals surface area contributed by atoms with Crippen LogP contribution in [0.2, 0.25) is 0 Å². The molecule has 0 saturated heterocycles. The second kappa shape index (κ2) is 31.2. The van der Waals surface area contributed by atoms with Crippen molar-refractivity contribution in [2.45, 2.75) is 200 Å². The van der Waals surface area contributed by atoms with Gasteiger partial charge in [-0.3, -0.25) is 0 Å². The van der Waals surface area contributed by atoms with Crippen molar-refractivity contribution >= 4 is 0 Å². The number of hydrogen-bond donors (Lipinski definition) is 1. The molecule has 3 heteroatoms. The molecule has 0 bridgehead atoms. The van der Waals surface area contributed by atoms with Crippen LogP contribution in [0.25, 0.3) is 0 Å². The Kier molecular flexibility index (Phi) is 28.8. The molecule has 0 radical (unpaired) electrons. The summed E-state index contributed by atoms with van der Waals surface area (Å²) in [5.41, 5.74) is 0.865. The molecule has 42 heavy (non-hydrogen) atoms. The lowest BCUT2D eigenvalue weighted by Crippen LogP contribution is -2.01. The Morgan fingerprint density at radius 2 is 0.643 bits per heavy atom. The second-order valence-corrected chi connectivity index (χ2v) is 12.9. The maximum absolute atomic E-state index is 9.68. The third-order valence-electron chi connectivity index (χ3n) is 8.66. The number of unbranched alkanes of at least 4 members (excludes halogenated alkanes) is 26. The minimum atomic E-state index is 0.0191. The van der Waals surface area contributed by atoms with Gasteiger partial charge in [-0.15, -0.1) is 0 Å². The second-order valence-electron chi connectivity index (χ2n) is 12.9. The smallest absolute Gasteiger partial charge is 0.123 e. The largest absolute Gasteiger partial charge is 0.493 e. The van der Waals surface area contributed by atoms with Gasteiger partial charge in [0.2, 0.25) is 0 Å². The Bertz CT molecular complexity index is 621. The van der Waals surface area contributed by atoms with Gasteiger partial charge in [0.05, 0.1) is 19.8 Å². The van der Waals surface area contributed by atoms with Crippen LogP contribution in [0.3, 0.4) is 0 Å². The highest BCUT2D eigenvalue weighted by molar-refractivity contribution is 5.38. The van der Waals surface area contributed by atoms with Crippen LogP contribution in [0.1, 0.15) is 199 Å². The van der Waals surface area contributed by atoms with E-state index in [0.717, 1.165) is 43.1 Å². The minimum absolute atomic E-state index is 0.0191. The fourth-order valence-electron chi connectivity index (χ4n) is 5.86. The number of rotatable bonds is 33. The van der Waals surface area contributed by atoms with Gasteiger partial charge >= 0.3 is 0 Å². The van der Waals surface area contributed by atoms with E-state index >= 15 is 0 Å². The molecule has 0 unspecified atom stereocenters. The summed E-state index contributed by atoms with van der Waals surface area (Å²) < 4.78 is 12.1. The third-order valence-corrected chi connectivity index (χ3v) is 8.66. The van der Waals surface area contributed by atoms with E-state index in [1.54, 1.807) is 0 Å². The zero-order valence-electron chi connectivity index (χ0n) is 28.4. The van der Waals surface area contributed by atoms with E-state index in [2.05, 4.69) is 13.8 Å². The third kappa shape index (κ3) is 25.3. The predicted octanol–water partition coefficient (Wildman–Crippen LogP) is 12.9. The van der Waals surface area contributed by atoms with E-state index in [9.17, 15) is 5.11 Å². The van der Waals surface area contributed by atoms with Gasteiger partial charge in [-0.05, 0) is 30.5 Å². The lowest BCUT2D eigenvalue weighted by molar-refractivity contribution is 0.271. The van der Waals surface area contributed by atoms with Crippen molar-refractivity contribution in [2.24, 2.45) is 0 Å². The van der Waals surface area contributed by atoms with Gasteiger partial charge in [0.25, 0.3) is 0 Å². The van der Waals surface area contributed by atoms with Gasteiger partial charge in [-0.1, -0.05) is 181 Å². The predicted molar refractivity (Wildman–Crippen MR) is 184 cm³/mol. The highest BCUT2D eigenvalue weighted by atomic mass is 16.5. The summed E-state index contributed by atoms with van der Waals surface area (Å²) in [4.78, 5) is 0. The van der Waals surface area contributed by atoms with E-state index in [1.807, 2.05) is 18.2 Å². The number of aliphatic hydroxyl groups excluding tert-OH is 1. The molecule has 0 saturated carbocycles. The number of ether oxygens (including phenoxy) is 2. The zero-order valence-corrected chi connectivity index (χ0v) is 28.4. The first kappa shape index (κ1) is 38.8. The lowest BCUT2D eigenvalue weighted by Gasteiger charge is -2.12. The van der Waals surface area contributed by atoms with Crippen molar-refractivity contribution in [1.82, 2.24) is 0 Å². The molecule has 0 spiro atoms. The highest BCUT2D eigenvalue weighted by Crippen LogP contribution is 2.24. The summed E-state index contributed by atoms with van der Waals surface area (Å²) in [6, 6.07) is 5.89. The van der Waals surface area contributed by atoms with Gasteiger partial charge in [-0.25, -0.2) is 0 Å². The Morgan fingerprint density at radius 3 is 0.905 bits per heavy atom. The maximum atomic E-state index is 9.68. The zero-order chi connectivity index (χ0) is 30.2. The van der Waals surface area contributed by atoms with E-state index in [0.29, 0.717) is 0 Å². The Balaban J connectivity index is 1.99. The fourth-order valence-corrected chi connectivity index (χ4v) is 5.86. The molecule has 1 rings (SSSR count). The quantitative estimate of drug-likeness (QED) is 0.0830. The van der Waals surface area contributed by atoms with Crippen LogP contribution in [-0.4, -0.2) is 18.3 Å². The fraction of sp³-hybridized carbons (Fsp3) is 0.846. The van der Waals surface area contributed by atoms with Gasteiger partial charge in [0.1, 0.15) is 11.5 Å². The molecule has 1 aromatic rings. The van der Waals surface area contributed by atoms with Gasteiger partial charge < -0.3 is 14.6 Å². The van der Waals surface area contributed by atoms with Gasteiger partial charge in [0, 0.05) is 6.07 Å². The molecule has 0 fully saturated rings. The van der Waals surface area contributed by atoms with Crippen molar-refractivity contribution in [2.75, 3.05) is 13.2 Å². The molecule has 3 nitrogen and oxygen atoms in total. The van der Waals surface area contributed by atoms with Crippen molar-refractivity contribution in [3.05, 3.63) is 23.8 Å². The van der Waals surface area contributed by atoms with Crippen LogP contribution in [0, 0.1) is 0 Å². The van der Waals surface area contributed by atoms with Crippen molar-refractivity contribution in [3.63, 3.8) is 0 Å². The van der Waals surface area contributed by atoms with Crippen molar-refractivity contribution in [1.29, 1.82) is 0 Å². The van der Waals surface area contributed by atoms with E-state index in [-0.39, 0.29) is 6.61 Å². The van der Waals surface area contributed by atoms with Crippen molar-refractivity contribution < 1.29 is 14.6 Å². The Morgan fingerprint density at radius 1 is 0.381 bits per heavy atom. The van der Waals surface area contributed by atoms with Crippen LogP contribution < -0.4 is 9.47 Å². The average Bonchev–Trinajstić information content (AvgIpc) is 3.01. The monoisotopic (exact) mass is 589 g/mol. The average molecular weight is 589 g/mol. The summed E-state index contributed by atoms with van der Waals surface area (Å²) in [5.74, 6) is 1.65. The highest BCUT2D eigenvalue weighted by Gasteiger charge is 2.04. The summed E-state index contributed by atoms with van der Waals surface area (Å²) in [6.07, 6.45) is 38.3. The summed E-state index contributed by atoms with van der Waals surface area (Å²) in [6.45, 7) is 6.08. The molecule has 0 atom stereocenters. The molecule has 246 valence electrons. The first-order valence-electron chi connectivity index (χ1n) is 18.8. The molecule has 0 heterocycles. The molecular formula is C39H72O3. The minimum Gasteiger partial charge on any atom is -0.493 e. The van der Waals surface area contributed by atoms with Crippen LogP contribution in [0.5, 0.6) is 11.5 Å². The summed E-state index contributed by atoms with van der Waals surface area (Å²) in [7, 11) is 0. The number of hydrogen-bond acceptors (Lipinski definition) is 3. The SMILES string of the molecule is CCCCCCCCCCCCCCCCOc1cc(CO)cc(OCCCCCCCCCCCCCCCC)c1. The molecule has 0 aliphatic carbocycles. The molecule has 0 amide bonds. The molecule has 0 aromatic heterocycles. The van der Waals surface area contributed by atoms with Crippen LogP contribution in [-0.2, 0) is 6.61 Å². The lowest BCUT2D eigenvalue weighted by atomic mass is 10.0. The van der Waals surface area contributed by atoms with Crippen LogP contribution in [0.15, 0.2) is 18.2 Å². The summed E-state index contributed by atoms with van der Waals surface area (Å²) >= 11 is 0. The first-order chi connectivity index (χ1) is 20.8. The van der Waals surface area contributed by atoms with E-state index < -0.39 is 0 Å². The normalized spacial score (nSPS) is 11.3. The van der Waals surface area contributed by atoms with E-state index in [4.69, 9.17) is 9.47 Å². The number of aliphatic hydroxyl groups is 1. The first-order valence-corrected chi connectivity index (χ1v) is 18.8. The number of benzene rings is 1. The van der Waals surface area contributed by atoms with Crippen molar-refractivity contribution in [3.8, 4) is 11.5 Å². The molecule has 0 aliphatic rings. The standard InChI is InChI=1S/C39H72O3/c1-3-5-7-9-11-13-15-17-19-21-23-25-27-29-31-41-38-33-37(36-40)34-39(35-38)42-32-30-28-26-24-22-20-18-16-14-12-10-8-6-4-2/h33-35,40H,3-32,36H2,1-2H3. The van der Waals surface area contributed by atoms with Gasteiger partial charge in [-0.2, -0.15) is 0 Å². The van der Waals surface area contributed by atoms with Crippen LogP contribution >= 0.6 is 0 Å². The van der Waals surface area contributed by atoms with Gasteiger partial charge in [0.15, 0.2) is 0 Å². The summed E-state index contributed by atoms with van der Waals surface area (Å²) in [5, 5.41) is 9.68. The molecule has 1 aromatic carbocycles. The molecule has 0 aliphatic heterocycles. The van der Waals surface area contributed by atoms with Crippen LogP contribution in [0.4, 0.5) is 0 Å².